The fraction of sp³-hybridized carbons (Fsp3) is 0.222. The monoisotopic (exact) mass is 217 g/mol. The number of nitrogen functional groups attached to an aromatic ring is 1. The summed E-state index contributed by atoms with van der Waals surface area (Å²) in [5.74, 6) is -3.01. The van der Waals surface area contributed by atoms with E-state index in [1.807, 2.05) is 0 Å². The van der Waals surface area contributed by atoms with Crippen LogP contribution in [0.3, 0.4) is 0 Å². The predicted molar refractivity (Wildman–Crippen MR) is 48.5 cm³/mol. The number of hydrogen-bond acceptors (Lipinski definition) is 3. The van der Waals surface area contributed by atoms with Crippen LogP contribution in [0.1, 0.15) is 6.42 Å². The van der Waals surface area contributed by atoms with E-state index in [4.69, 9.17) is 15.6 Å². The number of aliphatic carboxylic acids is 1. The molecule has 0 spiro atoms. The maximum Gasteiger partial charge on any atom is 0.306 e. The van der Waals surface area contributed by atoms with Crippen molar-refractivity contribution in [3.05, 3.63) is 23.8 Å². The largest absolute Gasteiger partial charge is 0.491 e. The van der Waals surface area contributed by atoms with E-state index in [1.54, 1.807) is 0 Å². The van der Waals surface area contributed by atoms with Crippen LogP contribution in [0.4, 0.5) is 14.5 Å². The Morgan fingerprint density at radius 2 is 2.13 bits per heavy atom. The van der Waals surface area contributed by atoms with Gasteiger partial charge in [-0.2, -0.15) is 0 Å². The minimum Gasteiger partial charge on any atom is -0.491 e. The molecule has 0 heterocycles. The van der Waals surface area contributed by atoms with Gasteiger partial charge in [0.2, 0.25) is 0 Å². The molecule has 0 radical (unpaired) electrons. The van der Waals surface area contributed by atoms with Crippen LogP contribution in [-0.4, -0.2) is 17.7 Å². The highest BCUT2D eigenvalue weighted by atomic mass is 19.1. The second kappa shape index (κ2) is 4.59. The van der Waals surface area contributed by atoms with Crippen LogP contribution in [-0.2, 0) is 4.79 Å². The summed E-state index contributed by atoms with van der Waals surface area (Å²) >= 11 is 0. The Morgan fingerprint density at radius 3 is 2.73 bits per heavy atom. The zero-order valence-corrected chi connectivity index (χ0v) is 7.67. The van der Waals surface area contributed by atoms with Gasteiger partial charge in [-0.3, -0.25) is 4.79 Å². The van der Waals surface area contributed by atoms with Gasteiger partial charge in [0.25, 0.3) is 0 Å². The Morgan fingerprint density at radius 1 is 1.47 bits per heavy atom. The first-order valence-corrected chi connectivity index (χ1v) is 4.10. The number of halogens is 2. The highest BCUT2D eigenvalue weighted by Crippen LogP contribution is 2.25. The number of carboxylic acid groups (broad SMARTS) is 1. The number of carbonyl (C=O) groups is 1. The molecule has 15 heavy (non-hydrogen) atoms. The van der Waals surface area contributed by atoms with Gasteiger partial charge in [0, 0.05) is 12.1 Å². The molecular weight excluding hydrogens is 208 g/mol. The molecule has 1 aromatic carbocycles. The molecule has 0 amide bonds. The first kappa shape index (κ1) is 11.2. The Kier molecular flexibility index (Phi) is 3.43. The number of carboxylic acids is 1. The van der Waals surface area contributed by atoms with E-state index >= 15 is 0 Å². The summed E-state index contributed by atoms with van der Waals surface area (Å²) in [6, 6.07) is 1.53. The summed E-state index contributed by atoms with van der Waals surface area (Å²) in [5.41, 5.74) is 4.92. The fourth-order valence-electron chi connectivity index (χ4n) is 0.929. The average Bonchev–Trinajstić information content (AvgIpc) is 2.12. The standard InChI is InChI=1S/C9H9F2NO3/c10-5-3-6(11)9(12)7(4-5)15-2-1-8(13)14/h3-4H,1-2,12H2,(H,13,14). The van der Waals surface area contributed by atoms with Gasteiger partial charge in [-0.15, -0.1) is 0 Å². The third kappa shape index (κ3) is 3.08. The quantitative estimate of drug-likeness (QED) is 0.747. The molecule has 0 saturated heterocycles. The van der Waals surface area contributed by atoms with Crippen molar-refractivity contribution >= 4 is 11.7 Å². The first-order chi connectivity index (χ1) is 7.00. The lowest BCUT2D eigenvalue weighted by molar-refractivity contribution is -0.137. The number of nitrogens with two attached hydrogens (primary N) is 1. The maximum absolute atomic E-state index is 12.9. The fourth-order valence-corrected chi connectivity index (χ4v) is 0.929. The maximum atomic E-state index is 12.9. The summed E-state index contributed by atoms with van der Waals surface area (Å²) in [5, 5.41) is 8.31. The van der Waals surface area contributed by atoms with Crippen molar-refractivity contribution in [1.82, 2.24) is 0 Å². The zero-order chi connectivity index (χ0) is 11.4. The lowest BCUT2D eigenvalue weighted by Gasteiger charge is -2.08. The van der Waals surface area contributed by atoms with Crippen molar-refractivity contribution in [3.8, 4) is 5.75 Å². The molecule has 1 aromatic rings. The SMILES string of the molecule is Nc1c(F)cc(F)cc1OCCC(=O)O. The van der Waals surface area contributed by atoms with Crippen LogP contribution in [0.2, 0.25) is 0 Å². The summed E-state index contributed by atoms with van der Waals surface area (Å²) in [7, 11) is 0. The van der Waals surface area contributed by atoms with Crippen molar-refractivity contribution in [2.45, 2.75) is 6.42 Å². The van der Waals surface area contributed by atoms with Gasteiger partial charge in [0.05, 0.1) is 13.0 Å². The molecule has 0 aliphatic heterocycles. The first-order valence-electron chi connectivity index (χ1n) is 4.10. The van der Waals surface area contributed by atoms with Gasteiger partial charge < -0.3 is 15.6 Å². The van der Waals surface area contributed by atoms with E-state index < -0.39 is 17.6 Å². The molecule has 6 heteroatoms. The molecule has 0 fully saturated rings. The van der Waals surface area contributed by atoms with Crippen LogP contribution in [0.15, 0.2) is 12.1 Å². The van der Waals surface area contributed by atoms with Gasteiger partial charge in [-0.25, -0.2) is 8.78 Å². The minimum absolute atomic E-state index is 0.186. The Labute approximate surface area is 84.3 Å². The van der Waals surface area contributed by atoms with Gasteiger partial charge in [-0.05, 0) is 0 Å². The van der Waals surface area contributed by atoms with E-state index in [0.717, 1.165) is 6.07 Å². The van der Waals surface area contributed by atoms with E-state index in [-0.39, 0.29) is 24.5 Å². The Balaban J connectivity index is 2.72. The van der Waals surface area contributed by atoms with Gasteiger partial charge in [0.1, 0.15) is 17.3 Å². The normalized spacial score (nSPS) is 10.0. The minimum atomic E-state index is -1.06. The lowest BCUT2D eigenvalue weighted by atomic mass is 10.3. The van der Waals surface area contributed by atoms with E-state index in [9.17, 15) is 13.6 Å². The number of anilines is 1. The molecular formula is C9H9F2NO3. The second-order valence-electron chi connectivity index (χ2n) is 2.79. The highest BCUT2D eigenvalue weighted by molar-refractivity contribution is 5.66. The smallest absolute Gasteiger partial charge is 0.306 e. The van der Waals surface area contributed by atoms with E-state index in [2.05, 4.69) is 0 Å². The summed E-state index contributed by atoms with van der Waals surface area (Å²) in [6.45, 7) is -0.192. The van der Waals surface area contributed by atoms with Crippen molar-refractivity contribution in [2.75, 3.05) is 12.3 Å². The molecule has 0 aliphatic carbocycles. The van der Waals surface area contributed by atoms with Crippen LogP contribution in [0.5, 0.6) is 5.75 Å². The molecule has 82 valence electrons. The summed E-state index contributed by atoms with van der Waals surface area (Å²) < 4.78 is 30.4. The molecule has 1 rings (SSSR count). The third-order valence-corrected chi connectivity index (χ3v) is 1.63. The molecule has 4 nitrogen and oxygen atoms in total. The number of benzene rings is 1. The van der Waals surface area contributed by atoms with E-state index in [0.29, 0.717) is 6.07 Å². The van der Waals surface area contributed by atoms with E-state index in [1.165, 1.54) is 0 Å². The number of rotatable bonds is 4. The van der Waals surface area contributed by atoms with Crippen molar-refractivity contribution in [3.63, 3.8) is 0 Å². The van der Waals surface area contributed by atoms with Crippen molar-refractivity contribution in [1.29, 1.82) is 0 Å². The van der Waals surface area contributed by atoms with Crippen LogP contribution >= 0.6 is 0 Å². The molecule has 0 aromatic heterocycles. The van der Waals surface area contributed by atoms with Crippen LogP contribution < -0.4 is 10.5 Å². The molecule has 3 N–H and O–H groups in total. The summed E-state index contributed by atoms with van der Waals surface area (Å²) in [4.78, 5) is 10.1. The molecule has 0 bridgehead atoms. The molecule has 0 atom stereocenters. The second-order valence-corrected chi connectivity index (χ2v) is 2.79. The predicted octanol–water partition coefficient (Wildman–Crippen LogP) is 1.40. The van der Waals surface area contributed by atoms with Gasteiger partial charge >= 0.3 is 5.97 Å². The van der Waals surface area contributed by atoms with Crippen LogP contribution in [0, 0.1) is 11.6 Å². The average molecular weight is 217 g/mol. The molecule has 0 aliphatic rings. The van der Waals surface area contributed by atoms with Gasteiger partial charge in [-0.1, -0.05) is 0 Å². The number of hydrogen-bond donors (Lipinski definition) is 2. The Hall–Kier alpha value is -1.85. The Bertz CT molecular complexity index is 382. The highest BCUT2D eigenvalue weighted by Gasteiger charge is 2.09. The van der Waals surface area contributed by atoms with Crippen molar-refractivity contribution in [2.24, 2.45) is 0 Å². The molecule has 0 saturated carbocycles. The summed E-state index contributed by atoms with van der Waals surface area (Å²) in [6.07, 6.45) is -0.266. The lowest BCUT2D eigenvalue weighted by Crippen LogP contribution is -2.07. The molecule has 0 unspecified atom stereocenters. The van der Waals surface area contributed by atoms with Crippen molar-refractivity contribution < 1.29 is 23.4 Å². The van der Waals surface area contributed by atoms with Crippen LogP contribution in [0.25, 0.3) is 0 Å². The topological polar surface area (TPSA) is 72.5 Å². The third-order valence-electron chi connectivity index (χ3n) is 1.63. The zero-order valence-electron chi connectivity index (χ0n) is 7.67. The van der Waals surface area contributed by atoms with Gasteiger partial charge in [0.15, 0.2) is 5.82 Å². The number of ether oxygens (including phenoxy) is 1.